The highest BCUT2D eigenvalue weighted by molar-refractivity contribution is 7.91. The third kappa shape index (κ3) is 4.94. The molecule has 0 bridgehead atoms. The first kappa shape index (κ1) is 19.2. The number of amides is 1. The van der Waals surface area contributed by atoms with Gasteiger partial charge in [0.25, 0.3) is 5.91 Å². The fourth-order valence-corrected chi connectivity index (χ4v) is 4.61. The molecule has 1 atom stereocenters. The molecule has 1 N–H and O–H groups in total. The Morgan fingerprint density at radius 2 is 2.08 bits per heavy atom. The molecule has 0 aromatic heterocycles. The molecular formula is C17H23NO6S. The van der Waals surface area contributed by atoms with Gasteiger partial charge < -0.3 is 14.7 Å². The summed E-state index contributed by atoms with van der Waals surface area (Å²) in [6.07, 6.45) is 1.08. The van der Waals surface area contributed by atoms with Crippen molar-refractivity contribution in [2.45, 2.75) is 32.7 Å². The van der Waals surface area contributed by atoms with Gasteiger partial charge in [-0.3, -0.25) is 4.79 Å². The Kier molecular flexibility index (Phi) is 6.05. The molecule has 1 heterocycles. The van der Waals surface area contributed by atoms with Crippen LogP contribution in [0.3, 0.4) is 0 Å². The van der Waals surface area contributed by atoms with E-state index in [2.05, 4.69) is 0 Å². The zero-order chi connectivity index (χ0) is 18.6. The van der Waals surface area contributed by atoms with Crippen molar-refractivity contribution in [1.29, 1.82) is 0 Å². The van der Waals surface area contributed by atoms with Crippen molar-refractivity contribution in [3.05, 3.63) is 29.3 Å². The first-order chi connectivity index (χ1) is 11.7. The molecule has 0 spiro atoms. The first-order valence-corrected chi connectivity index (χ1v) is 10.0. The van der Waals surface area contributed by atoms with Crippen molar-refractivity contribution in [2.75, 3.05) is 24.7 Å². The number of nitrogens with zero attached hydrogens (tertiary/aromatic N) is 1. The number of sulfone groups is 1. The van der Waals surface area contributed by atoms with E-state index in [0.717, 1.165) is 5.56 Å². The number of rotatable bonds is 6. The van der Waals surface area contributed by atoms with Gasteiger partial charge in [-0.2, -0.15) is 0 Å². The summed E-state index contributed by atoms with van der Waals surface area (Å²) in [5.41, 5.74) is 0.783. The van der Waals surface area contributed by atoms with Gasteiger partial charge in [0, 0.05) is 12.6 Å². The molecule has 1 amide bonds. The van der Waals surface area contributed by atoms with E-state index in [1.165, 1.54) is 17.0 Å². The Morgan fingerprint density at radius 1 is 1.36 bits per heavy atom. The Balaban J connectivity index is 2.00. The van der Waals surface area contributed by atoms with Gasteiger partial charge in [-0.1, -0.05) is 13.0 Å². The molecule has 1 saturated heterocycles. The van der Waals surface area contributed by atoms with Crippen LogP contribution in [0, 0.1) is 6.92 Å². The van der Waals surface area contributed by atoms with Crippen LogP contribution in [0.2, 0.25) is 0 Å². The SMILES string of the molecule is CCCN(C(=O)COC(=O)c1ccc(C)cc1O)[C@@H]1CCS(=O)(=O)C1. The lowest BCUT2D eigenvalue weighted by Gasteiger charge is -2.27. The molecule has 0 aliphatic carbocycles. The van der Waals surface area contributed by atoms with Gasteiger partial charge >= 0.3 is 5.97 Å². The zero-order valence-electron chi connectivity index (χ0n) is 14.4. The molecule has 0 unspecified atom stereocenters. The summed E-state index contributed by atoms with van der Waals surface area (Å²) in [5.74, 6) is -1.40. The average Bonchev–Trinajstić information content (AvgIpc) is 2.89. The van der Waals surface area contributed by atoms with Gasteiger partial charge in [0.05, 0.1) is 11.5 Å². The lowest BCUT2D eigenvalue weighted by Crippen LogP contribution is -2.43. The molecule has 1 aliphatic heterocycles. The van der Waals surface area contributed by atoms with E-state index in [4.69, 9.17) is 4.74 Å². The topological polar surface area (TPSA) is 101 Å². The highest BCUT2D eigenvalue weighted by Crippen LogP contribution is 2.20. The summed E-state index contributed by atoms with van der Waals surface area (Å²) < 4.78 is 28.3. The first-order valence-electron chi connectivity index (χ1n) is 8.20. The van der Waals surface area contributed by atoms with Crippen molar-refractivity contribution in [1.82, 2.24) is 4.90 Å². The number of benzene rings is 1. The summed E-state index contributed by atoms with van der Waals surface area (Å²) >= 11 is 0. The van der Waals surface area contributed by atoms with Crippen molar-refractivity contribution in [3.8, 4) is 5.75 Å². The predicted octanol–water partition coefficient (Wildman–Crippen LogP) is 1.28. The van der Waals surface area contributed by atoms with Crippen LogP contribution in [0.1, 0.15) is 35.7 Å². The molecule has 25 heavy (non-hydrogen) atoms. The quantitative estimate of drug-likeness (QED) is 0.758. The summed E-state index contributed by atoms with van der Waals surface area (Å²) in [6.45, 7) is 3.59. The maximum Gasteiger partial charge on any atom is 0.342 e. The number of phenolic OH excluding ortho intramolecular Hbond substituents is 1. The number of esters is 1. The van der Waals surface area contributed by atoms with Crippen LogP contribution in [0.15, 0.2) is 18.2 Å². The van der Waals surface area contributed by atoms with E-state index in [9.17, 15) is 23.1 Å². The molecule has 7 nitrogen and oxygen atoms in total. The number of phenols is 1. The lowest BCUT2D eigenvalue weighted by atomic mass is 10.1. The summed E-state index contributed by atoms with van der Waals surface area (Å²) in [4.78, 5) is 25.9. The zero-order valence-corrected chi connectivity index (χ0v) is 15.2. The smallest absolute Gasteiger partial charge is 0.342 e. The fourth-order valence-electron chi connectivity index (χ4n) is 2.88. The Labute approximate surface area is 147 Å². The minimum Gasteiger partial charge on any atom is -0.507 e. The van der Waals surface area contributed by atoms with Crippen LogP contribution in [-0.2, 0) is 19.4 Å². The number of aryl methyl sites for hydroxylation is 1. The van der Waals surface area contributed by atoms with Gasteiger partial charge in [0.2, 0.25) is 0 Å². The standard InChI is InChI=1S/C17H23NO6S/c1-3-7-18(13-6-8-25(22,23)11-13)16(20)10-24-17(21)14-5-4-12(2)9-15(14)19/h4-5,9,13,19H,3,6-8,10-11H2,1-2H3/t13-/m1/s1. The largest absolute Gasteiger partial charge is 0.507 e. The second-order valence-corrected chi connectivity index (χ2v) is 8.47. The van der Waals surface area contributed by atoms with E-state index < -0.39 is 28.3 Å². The normalized spacial score (nSPS) is 18.7. The summed E-state index contributed by atoms with van der Waals surface area (Å²) in [6, 6.07) is 4.16. The van der Waals surface area contributed by atoms with Crippen LogP contribution in [0.5, 0.6) is 5.75 Å². The highest BCUT2D eigenvalue weighted by Gasteiger charge is 2.34. The number of hydrogen-bond donors (Lipinski definition) is 1. The lowest BCUT2D eigenvalue weighted by molar-refractivity contribution is -0.136. The molecule has 1 fully saturated rings. The molecule has 1 aliphatic rings. The Morgan fingerprint density at radius 3 is 2.64 bits per heavy atom. The minimum atomic E-state index is -3.11. The van der Waals surface area contributed by atoms with Gasteiger partial charge in [-0.25, -0.2) is 13.2 Å². The van der Waals surface area contributed by atoms with Crippen LogP contribution in [0.4, 0.5) is 0 Å². The van der Waals surface area contributed by atoms with Gasteiger partial charge in [-0.15, -0.1) is 0 Å². The molecule has 0 radical (unpaired) electrons. The second kappa shape index (κ2) is 7.86. The van der Waals surface area contributed by atoms with Gasteiger partial charge in [-0.05, 0) is 37.5 Å². The minimum absolute atomic E-state index is 0.0103. The summed E-state index contributed by atoms with van der Waals surface area (Å²) in [7, 11) is -3.11. The molecule has 1 aromatic rings. The maximum absolute atomic E-state index is 12.4. The van der Waals surface area contributed by atoms with Crippen molar-refractivity contribution >= 4 is 21.7 Å². The number of carbonyl (C=O) groups is 2. The van der Waals surface area contributed by atoms with E-state index in [1.54, 1.807) is 13.0 Å². The van der Waals surface area contributed by atoms with Gasteiger partial charge in [0.15, 0.2) is 16.4 Å². The molecule has 8 heteroatoms. The van der Waals surface area contributed by atoms with Crippen LogP contribution < -0.4 is 0 Å². The van der Waals surface area contributed by atoms with Crippen molar-refractivity contribution in [2.24, 2.45) is 0 Å². The fraction of sp³-hybridized carbons (Fsp3) is 0.529. The molecule has 138 valence electrons. The number of carbonyl (C=O) groups excluding carboxylic acids is 2. The molecular weight excluding hydrogens is 346 g/mol. The van der Waals surface area contributed by atoms with Crippen molar-refractivity contribution in [3.63, 3.8) is 0 Å². The number of ether oxygens (including phenoxy) is 1. The van der Waals surface area contributed by atoms with Crippen LogP contribution in [-0.4, -0.2) is 61.0 Å². The average molecular weight is 369 g/mol. The summed E-state index contributed by atoms with van der Waals surface area (Å²) in [5, 5.41) is 9.79. The number of hydrogen-bond acceptors (Lipinski definition) is 6. The third-order valence-electron chi connectivity index (χ3n) is 4.13. The maximum atomic E-state index is 12.4. The highest BCUT2D eigenvalue weighted by atomic mass is 32.2. The predicted molar refractivity (Wildman–Crippen MR) is 92.2 cm³/mol. The van der Waals surface area contributed by atoms with Crippen LogP contribution >= 0.6 is 0 Å². The van der Waals surface area contributed by atoms with Crippen LogP contribution in [0.25, 0.3) is 0 Å². The van der Waals surface area contributed by atoms with E-state index >= 15 is 0 Å². The number of aromatic hydroxyl groups is 1. The Hall–Kier alpha value is -2.09. The van der Waals surface area contributed by atoms with E-state index in [-0.39, 0.29) is 28.9 Å². The van der Waals surface area contributed by atoms with E-state index in [0.29, 0.717) is 19.4 Å². The Bertz CT molecular complexity index is 758. The van der Waals surface area contributed by atoms with Crippen molar-refractivity contribution < 1.29 is 27.9 Å². The monoisotopic (exact) mass is 369 g/mol. The molecule has 0 saturated carbocycles. The molecule has 1 aromatic carbocycles. The second-order valence-electron chi connectivity index (χ2n) is 6.24. The third-order valence-corrected chi connectivity index (χ3v) is 5.88. The van der Waals surface area contributed by atoms with Gasteiger partial charge in [0.1, 0.15) is 11.3 Å². The molecule has 2 rings (SSSR count). The van der Waals surface area contributed by atoms with E-state index in [1.807, 2.05) is 6.92 Å².